The van der Waals surface area contributed by atoms with Gasteiger partial charge in [0.15, 0.2) is 0 Å². The highest BCUT2D eigenvalue weighted by Crippen LogP contribution is 2.63. The van der Waals surface area contributed by atoms with E-state index < -0.39 is 35.1 Å². The van der Waals surface area contributed by atoms with Gasteiger partial charge < -0.3 is 25.4 Å². The molecular formula is C26H37N3O5. The normalized spacial score (nSPS) is 32.6. The number of fused-ring (bicyclic) bond motifs is 1. The van der Waals surface area contributed by atoms with Gasteiger partial charge in [0.05, 0.1) is 30.1 Å². The number of carbonyl (C=O) groups excluding carboxylic acids is 3. The first-order valence-electron chi connectivity index (χ1n) is 12.4. The smallest absolute Gasteiger partial charge is 0.250 e. The lowest BCUT2D eigenvalue weighted by atomic mass is 9.66. The number of para-hydroxylation sites is 1. The van der Waals surface area contributed by atoms with E-state index in [4.69, 9.17) is 4.74 Å². The Bertz CT molecular complexity index is 972. The quantitative estimate of drug-likeness (QED) is 0.539. The summed E-state index contributed by atoms with van der Waals surface area (Å²) in [5, 5.41) is 16.1. The Kier molecular flexibility index (Phi) is 6.50. The monoisotopic (exact) mass is 471 g/mol. The summed E-state index contributed by atoms with van der Waals surface area (Å²) in [5.74, 6) is -2.23. The highest BCUT2D eigenvalue weighted by Gasteiger charge is 2.78. The molecule has 1 aromatic carbocycles. The Morgan fingerprint density at radius 1 is 1.21 bits per heavy atom. The van der Waals surface area contributed by atoms with Gasteiger partial charge in [0, 0.05) is 12.2 Å². The molecule has 8 nitrogen and oxygen atoms in total. The molecule has 3 amide bonds. The first kappa shape index (κ1) is 24.7. The Hall–Kier alpha value is -2.45. The summed E-state index contributed by atoms with van der Waals surface area (Å²) in [6, 6.07) is 4.33. The lowest BCUT2D eigenvalue weighted by Crippen LogP contribution is -2.56. The van der Waals surface area contributed by atoms with Crippen molar-refractivity contribution >= 4 is 23.4 Å². The molecule has 8 heteroatoms. The number of aliphatic hydroxyl groups is 1. The van der Waals surface area contributed by atoms with E-state index in [1.807, 2.05) is 52.8 Å². The molecule has 3 aliphatic heterocycles. The zero-order valence-corrected chi connectivity index (χ0v) is 20.8. The number of hydrogen-bond acceptors (Lipinski definition) is 5. The summed E-state index contributed by atoms with van der Waals surface area (Å²) < 4.78 is 6.59. The van der Waals surface area contributed by atoms with Crippen molar-refractivity contribution in [2.24, 2.45) is 11.8 Å². The van der Waals surface area contributed by atoms with Gasteiger partial charge in [-0.15, -0.1) is 0 Å². The maximum absolute atomic E-state index is 13.9. The molecular weight excluding hydrogens is 434 g/mol. The first-order chi connectivity index (χ1) is 16.1. The number of hydrogen-bond donors (Lipinski definition) is 3. The van der Waals surface area contributed by atoms with Crippen LogP contribution in [0.25, 0.3) is 0 Å². The summed E-state index contributed by atoms with van der Waals surface area (Å²) >= 11 is 0. The molecule has 34 heavy (non-hydrogen) atoms. The maximum Gasteiger partial charge on any atom is 0.250 e. The Labute approximate surface area is 201 Å². The molecule has 2 unspecified atom stereocenters. The number of aliphatic hydroxyl groups excluding tert-OH is 1. The average molecular weight is 472 g/mol. The molecule has 0 saturated carbocycles. The van der Waals surface area contributed by atoms with E-state index in [2.05, 4.69) is 10.6 Å². The number of anilines is 1. The summed E-state index contributed by atoms with van der Waals surface area (Å²) in [5.41, 5.74) is 0.666. The zero-order valence-electron chi connectivity index (χ0n) is 20.8. The Morgan fingerprint density at radius 3 is 2.47 bits per heavy atom. The first-order valence-corrected chi connectivity index (χ1v) is 12.4. The van der Waals surface area contributed by atoms with Gasteiger partial charge in [-0.25, -0.2) is 0 Å². The fourth-order valence-electron chi connectivity index (χ4n) is 6.43. The van der Waals surface area contributed by atoms with Crippen LogP contribution in [0.15, 0.2) is 18.2 Å². The van der Waals surface area contributed by atoms with Crippen LogP contribution >= 0.6 is 0 Å². The topological polar surface area (TPSA) is 108 Å². The van der Waals surface area contributed by atoms with Crippen LogP contribution in [0.2, 0.25) is 0 Å². The van der Waals surface area contributed by atoms with Crippen molar-refractivity contribution in [1.29, 1.82) is 0 Å². The molecule has 3 N–H and O–H groups in total. The third-order valence-corrected chi connectivity index (χ3v) is 8.10. The molecule has 3 heterocycles. The van der Waals surface area contributed by atoms with E-state index in [1.165, 1.54) is 4.90 Å². The molecule has 3 aliphatic rings. The molecule has 0 aliphatic carbocycles. The van der Waals surface area contributed by atoms with Crippen molar-refractivity contribution < 1.29 is 24.2 Å². The van der Waals surface area contributed by atoms with Gasteiger partial charge in [-0.1, -0.05) is 32.0 Å². The molecule has 3 fully saturated rings. The van der Waals surface area contributed by atoms with Crippen LogP contribution < -0.4 is 10.6 Å². The molecule has 1 spiro atoms. The van der Waals surface area contributed by atoms with Crippen LogP contribution in [0.5, 0.6) is 0 Å². The van der Waals surface area contributed by atoms with Crippen LogP contribution in [0.3, 0.4) is 0 Å². The minimum atomic E-state index is -1.09. The summed E-state index contributed by atoms with van der Waals surface area (Å²) in [6.45, 7) is 9.86. The fourth-order valence-corrected chi connectivity index (χ4v) is 6.43. The predicted octanol–water partition coefficient (Wildman–Crippen LogP) is 2.30. The van der Waals surface area contributed by atoms with Crippen LogP contribution in [-0.4, -0.2) is 64.2 Å². The van der Waals surface area contributed by atoms with Crippen molar-refractivity contribution in [3.8, 4) is 0 Å². The van der Waals surface area contributed by atoms with Crippen molar-refractivity contribution in [3.63, 3.8) is 0 Å². The van der Waals surface area contributed by atoms with E-state index in [0.717, 1.165) is 17.5 Å². The van der Waals surface area contributed by atoms with Crippen LogP contribution in [0, 0.1) is 25.7 Å². The molecule has 6 atom stereocenters. The number of likely N-dealkylation sites (tertiary alicyclic amines) is 1. The number of nitrogens with zero attached hydrogens (tertiary/aromatic N) is 1. The SMILES string of the molecule is CCCNC(=O)[C@@H]1[C@H]2C(=O)N([C@@H](CC)CO)C(C(=O)Nc3c(C)cccc3C)C23CC[C@@]1(C)O3. The number of ether oxygens (including phenoxy) is 1. The van der Waals surface area contributed by atoms with Crippen molar-refractivity contribution in [2.45, 2.75) is 83.6 Å². The second-order valence-electron chi connectivity index (χ2n) is 10.3. The van der Waals surface area contributed by atoms with Gasteiger partial charge >= 0.3 is 0 Å². The number of amides is 3. The highest BCUT2D eigenvalue weighted by atomic mass is 16.5. The van der Waals surface area contributed by atoms with Gasteiger partial charge in [0.25, 0.3) is 0 Å². The minimum absolute atomic E-state index is 0.197. The van der Waals surface area contributed by atoms with Gasteiger partial charge in [0.1, 0.15) is 11.6 Å². The van der Waals surface area contributed by atoms with Gasteiger partial charge in [0.2, 0.25) is 17.7 Å². The van der Waals surface area contributed by atoms with E-state index >= 15 is 0 Å². The lowest BCUT2D eigenvalue weighted by molar-refractivity contribution is -0.148. The molecule has 0 aromatic heterocycles. The summed E-state index contributed by atoms with van der Waals surface area (Å²) in [6.07, 6.45) is 2.38. The van der Waals surface area contributed by atoms with Crippen LogP contribution in [-0.2, 0) is 19.1 Å². The second-order valence-corrected chi connectivity index (χ2v) is 10.3. The van der Waals surface area contributed by atoms with E-state index in [1.54, 1.807) is 0 Å². The van der Waals surface area contributed by atoms with Crippen molar-refractivity contribution in [3.05, 3.63) is 29.3 Å². The number of rotatable bonds is 8. The lowest BCUT2D eigenvalue weighted by Gasteiger charge is -2.36. The molecule has 186 valence electrons. The van der Waals surface area contributed by atoms with Gasteiger partial charge in [-0.2, -0.15) is 0 Å². The molecule has 3 saturated heterocycles. The highest BCUT2D eigenvalue weighted by molar-refractivity contribution is 6.04. The Morgan fingerprint density at radius 2 is 1.88 bits per heavy atom. The third-order valence-electron chi connectivity index (χ3n) is 8.10. The Balaban J connectivity index is 1.77. The standard InChI is InChI=1S/C26H37N3O5/c1-6-13-27-22(31)18-19-24(33)29(17(7-2)14-30)21(26(19)12-11-25(18,5)34-26)23(32)28-20-15(3)9-8-10-16(20)4/h8-10,17-19,21,30H,6-7,11-14H2,1-5H3,(H,27,31)(H,28,32)/t17-,18-,19-,21?,25+,26?/m0/s1. The van der Waals surface area contributed by atoms with E-state index in [-0.39, 0.29) is 24.3 Å². The second kappa shape index (κ2) is 8.96. The van der Waals surface area contributed by atoms with Gasteiger partial charge in [-0.3, -0.25) is 14.4 Å². The predicted molar refractivity (Wildman–Crippen MR) is 128 cm³/mol. The van der Waals surface area contributed by atoms with E-state index in [0.29, 0.717) is 31.5 Å². The summed E-state index contributed by atoms with van der Waals surface area (Å²) in [7, 11) is 0. The maximum atomic E-state index is 13.9. The third kappa shape index (κ3) is 3.53. The molecule has 0 radical (unpaired) electrons. The number of carbonyl (C=O) groups is 3. The largest absolute Gasteiger partial charge is 0.394 e. The molecule has 2 bridgehead atoms. The van der Waals surface area contributed by atoms with Crippen LogP contribution in [0.4, 0.5) is 5.69 Å². The van der Waals surface area contributed by atoms with E-state index in [9.17, 15) is 19.5 Å². The molecule has 4 rings (SSSR count). The van der Waals surface area contributed by atoms with Crippen molar-refractivity contribution in [1.82, 2.24) is 10.2 Å². The number of aryl methyl sites for hydroxylation is 2. The van der Waals surface area contributed by atoms with Crippen LogP contribution in [0.1, 0.15) is 57.6 Å². The summed E-state index contributed by atoms with van der Waals surface area (Å²) in [4.78, 5) is 42.6. The minimum Gasteiger partial charge on any atom is -0.394 e. The average Bonchev–Trinajstić information content (AvgIpc) is 3.37. The number of nitrogens with one attached hydrogen (secondary N) is 2. The van der Waals surface area contributed by atoms with Gasteiger partial charge in [-0.05, 0) is 57.6 Å². The fraction of sp³-hybridized carbons (Fsp3) is 0.654. The number of benzene rings is 1. The van der Waals surface area contributed by atoms with Crippen molar-refractivity contribution in [2.75, 3.05) is 18.5 Å². The zero-order chi connectivity index (χ0) is 24.8. The molecule has 1 aromatic rings.